The van der Waals surface area contributed by atoms with Gasteiger partial charge in [0.15, 0.2) is 16.6 Å². The minimum atomic E-state index is -0.949. The van der Waals surface area contributed by atoms with Crippen molar-refractivity contribution >= 4 is 44.1 Å². The van der Waals surface area contributed by atoms with Crippen LogP contribution in [0.2, 0.25) is 0 Å². The van der Waals surface area contributed by atoms with Crippen LogP contribution in [0.4, 0.5) is 5.13 Å². The Morgan fingerprint density at radius 3 is 2.60 bits per heavy atom. The zero-order chi connectivity index (χ0) is 29.5. The zero-order valence-electron chi connectivity index (χ0n) is 23.2. The molecule has 2 aliphatic rings. The highest BCUT2D eigenvalue weighted by atomic mass is 32.1. The van der Waals surface area contributed by atoms with Gasteiger partial charge in [0, 0.05) is 5.56 Å². The van der Waals surface area contributed by atoms with Gasteiger partial charge in [-0.25, -0.2) is 4.98 Å². The SMILES string of the molecule is Cc1ccc2nc(N3C(=O)C(=O)/C(=C(\O)c4ccc5c(c4)OCCO5)C3c3cccc(OCc4ccccc4)c3)sc2c1. The molecule has 7 rings (SSSR count). The van der Waals surface area contributed by atoms with E-state index in [4.69, 9.17) is 19.2 Å². The number of Topliss-reactive ketones (excluding diaryl/α,β-unsaturated/α-hetero) is 1. The summed E-state index contributed by atoms with van der Waals surface area (Å²) < 4.78 is 18.3. The van der Waals surface area contributed by atoms with E-state index in [9.17, 15) is 14.7 Å². The van der Waals surface area contributed by atoms with Gasteiger partial charge in [0.25, 0.3) is 5.78 Å². The Balaban J connectivity index is 1.35. The maximum absolute atomic E-state index is 13.7. The first-order chi connectivity index (χ1) is 21.0. The standard InChI is InChI=1S/C34H26N2O6S/c1-20-10-12-25-28(16-20)43-34(35-25)36-30(22-8-5-9-24(17-22)42-19-21-6-3-2-4-7-21)29(32(38)33(36)39)31(37)23-11-13-26-27(18-23)41-15-14-40-26/h2-13,16-18,30,37H,14-15,19H2,1H3/b31-29-. The van der Waals surface area contributed by atoms with Crippen LogP contribution in [0.1, 0.15) is 28.3 Å². The second-order valence-electron chi connectivity index (χ2n) is 10.3. The normalized spacial score (nSPS) is 17.4. The number of hydrogen-bond acceptors (Lipinski definition) is 8. The monoisotopic (exact) mass is 590 g/mol. The first-order valence-electron chi connectivity index (χ1n) is 13.8. The van der Waals surface area contributed by atoms with Gasteiger partial charge < -0.3 is 19.3 Å². The van der Waals surface area contributed by atoms with Crippen molar-refractivity contribution in [2.45, 2.75) is 19.6 Å². The molecule has 9 heteroatoms. The molecule has 0 aliphatic carbocycles. The Morgan fingerprint density at radius 1 is 0.953 bits per heavy atom. The molecule has 1 N–H and O–H groups in total. The molecule has 1 amide bonds. The topological polar surface area (TPSA) is 98.2 Å². The molecule has 1 atom stereocenters. The number of aliphatic hydroxyl groups excluding tert-OH is 1. The summed E-state index contributed by atoms with van der Waals surface area (Å²) in [4.78, 5) is 33.5. The summed E-state index contributed by atoms with van der Waals surface area (Å²) in [5.41, 5.74) is 3.67. The molecular formula is C34H26N2O6S. The summed E-state index contributed by atoms with van der Waals surface area (Å²) in [5.74, 6) is -0.313. The quantitative estimate of drug-likeness (QED) is 0.136. The van der Waals surface area contributed by atoms with Gasteiger partial charge in [0.2, 0.25) is 0 Å². The number of rotatable bonds is 6. The first kappa shape index (κ1) is 26.7. The molecule has 2 aliphatic heterocycles. The summed E-state index contributed by atoms with van der Waals surface area (Å²) >= 11 is 1.32. The largest absolute Gasteiger partial charge is 0.507 e. The van der Waals surface area contributed by atoms with E-state index in [1.165, 1.54) is 16.2 Å². The van der Waals surface area contributed by atoms with Crippen molar-refractivity contribution in [3.05, 3.63) is 119 Å². The van der Waals surface area contributed by atoms with E-state index in [0.717, 1.165) is 21.3 Å². The smallest absolute Gasteiger partial charge is 0.301 e. The number of aryl methyl sites for hydroxylation is 1. The van der Waals surface area contributed by atoms with E-state index in [2.05, 4.69) is 0 Å². The highest BCUT2D eigenvalue weighted by Crippen LogP contribution is 2.45. The van der Waals surface area contributed by atoms with Crippen LogP contribution >= 0.6 is 11.3 Å². The number of carbonyl (C=O) groups is 2. The second kappa shape index (κ2) is 10.9. The Hall–Kier alpha value is -5.15. The third kappa shape index (κ3) is 4.97. The summed E-state index contributed by atoms with van der Waals surface area (Å²) in [7, 11) is 0. The van der Waals surface area contributed by atoms with Crippen molar-refractivity contribution in [3.8, 4) is 17.2 Å². The summed E-state index contributed by atoms with van der Waals surface area (Å²) in [6, 6.07) is 26.8. The average molecular weight is 591 g/mol. The molecule has 1 fully saturated rings. The van der Waals surface area contributed by atoms with Crippen molar-refractivity contribution in [1.82, 2.24) is 4.98 Å². The first-order valence-corrected chi connectivity index (χ1v) is 14.6. The molecule has 5 aromatic rings. The molecule has 0 saturated carbocycles. The number of anilines is 1. The number of carbonyl (C=O) groups excluding carboxylic acids is 2. The fourth-order valence-electron chi connectivity index (χ4n) is 5.33. The van der Waals surface area contributed by atoms with Crippen molar-refractivity contribution in [3.63, 3.8) is 0 Å². The average Bonchev–Trinajstić information content (AvgIpc) is 3.57. The summed E-state index contributed by atoms with van der Waals surface area (Å²) in [5, 5.41) is 12.0. The second-order valence-corrected chi connectivity index (χ2v) is 11.4. The predicted molar refractivity (Wildman–Crippen MR) is 164 cm³/mol. The third-order valence-electron chi connectivity index (χ3n) is 7.42. The number of amides is 1. The summed E-state index contributed by atoms with van der Waals surface area (Å²) in [6.45, 7) is 3.13. The van der Waals surface area contributed by atoms with E-state index in [0.29, 0.717) is 53.3 Å². The molecule has 0 spiro atoms. The number of ether oxygens (including phenoxy) is 3. The molecule has 43 heavy (non-hydrogen) atoms. The molecule has 214 valence electrons. The number of benzene rings is 4. The molecular weight excluding hydrogens is 564 g/mol. The molecule has 8 nitrogen and oxygen atoms in total. The van der Waals surface area contributed by atoms with Gasteiger partial charge in [-0.1, -0.05) is 59.9 Å². The molecule has 4 aromatic carbocycles. The lowest BCUT2D eigenvalue weighted by atomic mass is 9.95. The minimum absolute atomic E-state index is 0.0441. The van der Waals surface area contributed by atoms with Crippen molar-refractivity contribution in [2.24, 2.45) is 0 Å². The van der Waals surface area contributed by atoms with Crippen LogP contribution in [0, 0.1) is 6.92 Å². The minimum Gasteiger partial charge on any atom is -0.507 e. The highest BCUT2D eigenvalue weighted by molar-refractivity contribution is 7.22. The Morgan fingerprint density at radius 2 is 1.77 bits per heavy atom. The van der Waals surface area contributed by atoms with Gasteiger partial charge >= 0.3 is 5.91 Å². The van der Waals surface area contributed by atoms with E-state index in [1.807, 2.05) is 73.7 Å². The lowest BCUT2D eigenvalue weighted by Gasteiger charge is -2.24. The van der Waals surface area contributed by atoms with E-state index < -0.39 is 17.7 Å². The Kier molecular flexibility index (Phi) is 6.79. The van der Waals surface area contributed by atoms with Crippen LogP contribution in [0.25, 0.3) is 16.0 Å². The number of ketones is 1. The lowest BCUT2D eigenvalue weighted by molar-refractivity contribution is -0.132. The van der Waals surface area contributed by atoms with Crippen molar-refractivity contribution in [2.75, 3.05) is 18.1 Å². The van der Waals surface area contributed by atoms with Gasteiger partial charge in [0.1, 0.15) is 31.3 Å². The van der Waals surface area contributed by atoms with Gasteiger partial charge in [-0.05, 0) is 66.1 Å². The molecule has 1 unspecified atom stereocenters. The van der Waals surface area contributed by atoms with Crippen LogP contribution in [0.5, 0.6) is 17.2 Å². The molecule has 3 heterocycles. The zero-order valence-corrected chi connectivity index (χ0v) is 24.0. The number of thiazole rings is 1. The molecule has 1 aromatic heterocycles. The fraction of sp³-hybridized carbons (Fsp3) is 0.147. The fourth-order valence-corrected chi connectivity index (χ4v) is 6.42. The number of hydrogen-bond donors (Lipinski definition) is 1. The van der Waals surface area contributed by atoms with Crippen molar-refractivity contribution < 1.29 is 28.9 Å². The van der Waals surface area contributed by atoms with Crippen LogP contribution < -0.4 is 19.1 Å². The number of aromatic nitrogens is 1. The van der Waals surface area contributed by atoms with Crippen LogP contribution in [0.15, 0.2) is 96.6 Å². The molecule has 1 saturated heterocycles. The Bertz CT molecular complexity index is 1920. The Labute approximate surface area is 251 Å². The number of fused-ring (bicyclic) bond motifs is 2. The van der Waals surface area contributed by atoms with Gasteiger partial charge in [-0.2, -0.15) is 0 Å². The molecule has 0 bridgehead atoms. The lowest BCUT2D eigenvalue weighted by Crippen LogP contribution is -2.29. The van der Waals surface area contributed by atoms with E-state index >= 15 is 0 Å². The maximum Gasteiger partial charge on any atom is 0.301 e. The predicted octanol–water partition coefficient (Wildman–Crippen LogP) is 6.58. The van der Waals surface area contributed by atoms with Crippen molar-refractivity contribution in [1.29, 1.82) is 0 Å². The van der Waals surface area contributed by atoms with Crippen LogP contribution in [0.3, 0.4) is 0 Å². The van der Waals surface area contributed by atoms with Gasteiger partial charge in [0.05, 0.1) is 21.8 Å². The van der Waals surface area contributed by atoms with Gasteiger partial charge in [-0.15, -0.1) is 0 Å². The summed E-state index contributed by atoms with van der Waals surface area (Å²) in [6.07, 6.45) is 0. The highest BCUT2D eigenvalue weighted by Gasteiger charge is 2.48. The number of aliphatic hydroxyl groups is 1. The third-order valence-corrected chi connectivity index (χ3v) is 8.44. The molecule has 0 radical (unpaired) electrons. The van der Waals surface area contributed by atoms with E-state index in [1.54, 1.807) is 24.3 Å². The maximum atomic E-state index is 13.7. The van der Waals surface area contributed by atoms with Crippen LogP contribution in [-0.4, -0.2) is 35.0 Å². The van der Waals surface area contributed by atoms with Gasteiger partial charge in [-0.3, -0.25) is 14.5 Å². The van der Waals surface area contributed by atoms with E-state index in [-0.39, 0.29) is 11.3 Å². The number of nitrogens with zero attached hydrogens (tertiary/aromatic N) is 2. The van der Waals surface area contributed by atoms with Crippen LogP contribution in [-0.2, 0) is 16.2 Å².